The number of halogens is 3. The van der Waals surface area contributed by atoms with Crippen LogP contribution in [0.25, 0.3) is 0 Å². The summed E-state index contributed by atoms with van der Waals surface area (Å²) >= 11 is 0. The van der Waals surface area contributed by atoms with E-state index < -0.39 is 47.6 Å². The topological polar surface area (TPSA) is 115 Å². The third kappa shape index (κ3) is 4.51. The van der Waals surface area contributed by atoms with E-state index in [1.54, 1.807) is 11.8 Å². The van der Waals surface area contributed by atoms with E-state index in [-0.39, 0.29) is 29.2 Å². The SMILES string of the molecule is CC(C(=O)Nc1ccc(F)cn1)N1CCC(F)(F)[C@@H](c2cc[n+]([O-])c(C(N)=O)c2)C1. The van der Waals surface area contributed by atoms with Crippen LogP contribution in [0.1, 0.15) is 35.3 Å². The van der Waals surface area contributed by atoms with Crippen molar-refractivity contribution in [1.29, 1.82) is 0 Å². The van der Waals surface area contributed by atoms with Crippen molar-refractivity contribution < 1.29 is 27.5 Å². The number of nitrogens with two attached hydrogens (primary N) is 1. The van der Waals surface area contributed by atoms with Gasteiger partial charge in [0.05, 0.1) is 18.2 Å². The molecule has 30 heavy (non-hydrogen) atoms. The summed E-state index contributed by atoms with van der Waals surface area (Å²) in [6.07, 6.45) is 1.40. The molecule has 0 bridgehead atoms. The second-order valence-corrected chi connectivity index (χ2v) is 7.12. The lowest BCUT2D eigenvalue weighted by Gasteiger charge is -2.40. The quantitative estimate of drug-likeness (QED) is 0.557. The number of pyridine rings is 2. The number of alkyl halides is 2. The maximum Gasteiger partial charge on any atom is 0.314 e. The van der Waals surface area contributed by atoms with Crippen LogP contribution in [0.5, 0.6) is 0 Å². The van der Waals surface area contributed by atoms with Gasteiger partial charge in [-0.2, -0.15) is 4.73 Å². The van der Waals surface area contributed by atoms with Gasteiger partial charge in [0, 0.05) is 31.6 Å². The Hall–Kier alpha value is -3.21. The zero-order valence-corrected chi connectivity index (χ0v) is 16.0. The summed E-state index contributed by atoms with van der Waals surface area (Å²) in [4.78, 5) is 29.2. The maximum atomic E-state index is 14.6. The molecule has 0 aliphatic carbocycles. The Morgan fingerprint density at radius 2 is 2.13 bits per heavy atom. The molecule has 1 aliphatic rings. The molecule has 0 saturated carbocycles. The average molecular weight is 423 g/mol. The summed E-state index contributed by atoms with van der Waals surface area (Å²) in [5.74, 6) is -6.37. The van der Waals surface area contributed by atoms with E-state index in [0.29, 0.717) is 0 Å². The van der Waals surface area contributed by atoms with E-state index in [9.17, 15) is 28.0 Å². The highest BCUT2D eigenvalue weighted by Gasteiger charge is 2.46. The summed E-state index contributed by atoms with van der Waals surface area (Å²) in [5, 5.41) is 14.2. The number of amides is 2. The zero-order chi connectivity index (χ0) is 22.1. The fourth-order valence-electron chi connectivity index (χ4n) is 3.37. The largest absolute Gasteiger partial charge is 0.618 e. The van der Waals surface area contributed by atoms with Gasteiger partial charge < -0.3 is 16.3 Å². The molecule has 2 atom stereocenters. The molecular weight excluding hydrogens is 403 g/mol. The molecule has 2 amide bonds. The minimum absolute atomic E-state index is 0.0357. The van der Waals surface area contributed by atoms with Crippen molar-refractivity contribution >= 4 is 17.6 Å². The normalized spacial score (nSPS) is 19.8. The second kappa shape index (κ2) is 8.27. The van der Waals surface area contributed by atoms with E-state index >= 15 is 0 Å². The van der Waals surface area contributed by atoms with Crippen molar-refractivity contribution in [3.63, 3.8) is 0 Å². The van der Waals surface area contributed by atoms with Crippen molar-refractivity contribution in [2.45, 2.75) is 31.2 Å². The first-order valence-corrected chi connectivity index (χ1v) is 9.15. The minimum Gasteiger partial charge on any atom is -0.618 e. The Labute approximate surface area is 170 Å². The highest BCUT2D eigenvalue weighted by molar-refractivity contribution is 5.93. The zero-order valence-electron chi connectivity index (χ0n) is 16.0. The van der Waals surface area contributed by atoms with Crippen LogP contribution in [0.4, 0.5) is 19.0 Å². The Morgan fingerprint density at radius 1 is 1.40 bits per heavy atom. The lowest BCUT2D eigenvalue weighted by Crippen LogP contribution is -2.52. The number of hydrogen-bond donors (Lipinski definition) is 2. The molecule has 2 aromatic heterocycles. The molecule has 1 saturated heterocycles. The van der Waals surface area contributed by atoms with E-state index in [1.807, 2.05) is 0 Å². The van der Waals surface area contributed by atoms with Crippen LogP contribution in [-0.2, 0) is 4.79 Å². The number of piperidine rings is 1. The molecule has 3 rings (SSSR count). The number of likely N-dealkylation sites (tertiary alicyclic amines) is 1. The Morgan fingerprint density at radius 3 is 2.77 bits per heavy atom. The van der Waals surface area contributed by atoms with E-state index in [0.717, 1.165) is 24.5 Å². The maximum absolute atomic E-state index is 14.6. The van der Waals surface area contributed by atoms with Gasteiger partial charge in [0.25, 0.3) is 11.6 Å². The van der Waals surface area contributed by atoms with Crippen LogP contribution in [0.2, 0.25) is 0 Å². The van der Waals surface area contributed by atoms with E-state index in [4.69, 9.17) is 5.73 Å². The van der Waals surface area contributed by atoms with Gasteiger partial charge in [-0.05, 0) is 24.6 Å². The predicted octanol–water partition coefficient (Wildman–Crippen LogP) is 1.40. The van der Waals surface area contributed by atoms with Crippen LogP contribution in [0.15, 0.2) is 36.7 Å². The lowest BCUT2D eigenvalue weighted by atomic mass is 9.86. The number of aromatic nitrogens is 2. The van der Waals surface area contributed by atoms with Crippen LogP contribution in [0, 0.1) is 11.0 Å². The number of anilines is 1. The molecule has 1 aliphatic heterocycles. The van der Waals surface area contributed by atoms with Crippen LogP contribution in [-0.4, -0.2) is 46.8 Å². The fourth-order valence-corrected chi connectivity index (χ4v) is 3.37. The first-order chi connectivity index (χ1) is 14.1. The second-order valence-electron chi connectivity index (χ2n) is 7.12. The third-order valence-corrected chi connectivity index (χ3v) is 5.16. The molecule has 0 spiro atoms. The predicted molar refractivity (Wildman–Crippen MR) is 100 cm³/mol. The molecule has 3 N–H and O–H groups in total. The molecule has 1 fully saturated rings. The number of nitrogens with zero attached hydrogens (tertiary/aromatic N) is 3. The Kier molecular flexibility index (Phi) is 5.92. The van der Waals surface area contributed by atoms with Crippen LogP contribution < -0.4 is 15.8 Å². The van der Waals surface area contributed by atoms with Gasteiger partial charge in [-0.3, -0.25) is 14.5 Å². The third-order valence-electron chi connectivity index (χ3n) is 5.16. The monoisotopic (exact) mass is 423 g/mol. The molecule has 2 aromatic rings. The number of carbonyl (C=O) groups is 2. The lowest BCUT2D eigenvalue weighted by molar-refractivity contribution is -0.607. The first kappa shape index (κ1) is 21.5. The van der Waals surface area contributed by atoms with Gasteiger partial charge in [0.15, 0.2) is 6.20 Å². The van der Waals surface area contributed by atoms with Gasteiger partial charge in [0.2, 0.25) is 5.91 Å². The molecule has 0 radical (unpaired) electrons. The number of nitrogens with one attached hydrogen (secondary N) is 1. The number of carbonyl (C=O) groups excluding carboxylic acids is 2. The Balaban J connectivity index is 1.78. The molecule has 11 heteroatoms. The van der Waals surface area contributed by atoms with Crippen LogP contribution in [0.3, 0.4) is 0 Å². The van der Waals surface area contributed by atoms with Crippen molar-refractivity contribution in [2.75, 3.05) is 18.4 Å². The van der Waals surface area contributed by atoms with Crippen molar-refractivity contribution in [3.8, 4) is 0 Å². The molecule has 1 unspecified atom stereocenters. The molecule has 3 heterocycles. The molecule has 160 valence electrons. The standard InChI is InChI=1S/C19H20F3N5O3/c1-11(18(29)25-16-3-2-13(20)9-24-16)26-7-5-19(21,22)14(10-26)12-4-6-27(30)15(8-12)17(23)28/h2-4,6,8-9,11,14H,5,7,10H2,1H3,(H2,23,28)(H,24,25,29)/t11?,14-/m1/s1. The van der Waals surface area contributed by atoms with Crippen molar-refractivity contribution in [3.05, 3.63) is 58.9 Å². The Bertz CT molecular complexity index is 955. The van der Waals surface area contributed by atoms with Crippen molar-refractivity contribution in [1.82, 2.24) is 9.88 Å². The summed E-state index contributed by atoms with van der Waals surface area (Å²) in [7, 11) is 0. The number of primary amides is 1. The smallest absolute Gasteiger partial charge is 0.314 e. The van der Waals surface area contributed by atoms with Crippen molar-refractivity contribution in [2.24, 2.45) is 5.73 Å². The summed E-state index contributed by atoms with van der Waals surface area (Å²) in [6, 6.07) is 3.93. The minimum atomic E-state index is -3.10. The number of hydrogen-bond acceptors (Lipinski definition) is 5. The van der Waals surface area contributed by atoms with E-state index in [2.05, 4.69) is 10.3 Å². The summed E-state index contributed by atoms with van der Waals surface area (Å²) in [6.45, 7) is 1.34. The first-order valence-electron chi connectivity index (χ1n) is 9.15. The summed E-state index contributed by atoms with van der Waals surface area (Å²) < 4.78 is 42.4. The molecule has 8 nitrogen and oxygen atoms in total. The highest BCUT2D eigenvalue weighted by atomic mass is 19.3. The van der Waals surface area contributed by atoms with Gasteiger partial charge >= 0.3 is 5.91 Å². The van der Waals surface area contributed by atoms with Crippen LogP contribution >= 0.6 is 0 Å². The summed E-state index contributed by atoms with van der Waals surface area (Å²) in [5.41, 5.74) is 4.78. The van der Waals surface area contributed by atoms with Gasteiger partial charge in [-0.15, -0.1) is 0 Å². The average Bonchev–Trinajstić information content (AvgIpc) is 2.69. The van der Waals surface area contributed by atoms with Gasteiger partial charge in [0.1, 0.15) is 11.6 Å². The fraction of sp³-hybridized carbons (Fsp3) is 0.368. The molecular formula is C19H20F3N5O3. The highest BCUT2D eigenvalue weighted by Crippen LogP contribution is 2.40. The van der Waals surface area contributed by atoms with Gasteiger partial charge in [-0.25, -0.2) is 18.2 Å². The molecule has 0 aromatic carbocycles. The van der Waals surface area contributed by atoms with E-state index in [1.165, 1.54) is 12.1 Å². The number of rotatable bonds is 5. The van der Waals surface area contributed by atoms with Gasteiger partial charge in [-0.1, -0.05) is 0 Å².